The molecule has 6 nitrogen and oxygen atoms in total. The summed E-state index contributed by atoms with van der Waals surface area (Å²) in [4.78, 5) is 16.6. The van der Waals surface area contributed by atoms with Crippen molar-refractivity contribution in [3.63, 3.8) is 0 Å². The smallest absolute Gasteiger partial charge is 0.363 e. The molecule has 0 aliphatic carbocycles. The average Bonchev–Trinajstić information content (AvgIpc) is 3.07. The third kappa shape index (κ3) is 4.36. The first-order chi connectivity index (χ1) is 13.5. The van der Waals surface area contributed by atoms with Gasteiger partial charge in [-0.1, -0.05) is 12.7 Å². The lowest BCUT2D eigenvalue weighted by Crippen LogP contribution is -2.05. The molecule has 28 heavy (non-hydrogen) atoms. The second-order valence-electron chi connectivity index (χ2n) is 5.70. The summed E-state index contributed by atoms with van der Waals surface area (Å²) in [5.74, 6) is 1.65. The van der Waals surface area contributed by atoms with Gasteiger partial charge < -0.3 is 18.9 Å². The lowest BCUT2D eigenvalue weighted by molar-refractivity contribution is -0.129. The minimum absolute atomic E-state index is 0.212. The maximum absolute atomic E-state index is 12.2. The predicted octanol–water partition coefficient (Wildman–Crippen LogP) is 4.22. The van der Waals surface area contributed by atoms with E-state index in [0.29, 0.717) is 29.4 Å². The molecule has 1 aliphatic rings. The predicted molar refractivity (Wildman–Crippen MR) is 115 cm³/mol. The monoisotopic (exact) mass is 491 g/mol. The molecule has 2 aromatic carbocycles. The Balaban J connectivity index is 1.91. The number of ether oxygens (including phenoxy) is 4. The van der Waals surface area contributed by atoms with E-state index in [-0.39, 0.29) is 11.6 Å². The molecule has 2 aromatic rings. The van der Waals surface area contributed by atoms with Gasteiger partial charge >= 0.3 is 5.97 Å². The van der Waals surface area contributed by atoms with Crippen molar-refractivity contribution in [1.29, 1.82) is 0 Å². The Hall–Kier alpha value is -2.81. The second kappa shape index (κ2) is 8.92. The lowest BCUT2D eigenvalue weighted by Gasteiger charge is -2.12. The Morgan fingerprint density at radius 1 is 1.18 bits per heavy atom. The molecule has 0 amide bonds. The van der Waals surface area contributed by atoms with Crippen LogP contribution >= 0.6 is 22.6 Å². The first-order valence-electron chi connectivity index (χ1n) is 8.34. The van der Waals surface area contributed by atoms with Crippen LogP contribution < -0.4 is 14.2 Å². The Labute approximate surface area is 176 Å². The summed E-state index contributed by atoms with van der Waals surface area (Å²) in [6, 6.07) is 10.8. The largest absolute Gasteiger partial charge is 0.497 e. The minimum atomic E-state index is -0.508. The van der Waals surface area contributed by atoms with Gasteiger partial charge in [0.25, 0.3) is 0 Å². The molecule has 0 radical (unpaired) electrons. The van der Waals surface area contributed by atoms with Crippen molar-refractivity contribution >= 4 is 40.5 Å². The van der Waals surface area contributed by atoms with Crippen LogP contribution in [0.25, 0.3) is 6.08 Å². The van der Waals surface area contributed by atoms with Crippen LogP contribution in [0.2, 0.25) is 0 Å². The van der Waals surface area contributed by atoms with Crippen molar-refractivity contribution in [3.8, 4) is 17.2 Å². The van der Waals surface area contributed by atoms with Crippen molar-refractivity contribution in [2.75, 3.05) is 20.8 Å². The average molecular weight is 491 g/mol. The molecule has 0 atom stereocenters. The molecular formula is C21H18INO5. The van der Waals surface area contributed by atoms with Crippen LogP contribution in [0.4, 0.5) is 0 Å². The molecule has 0 unspecified atom stereocenters. The van der Waals surface area contributed by atoms with Gasteiger partial charge in [0.2, 0.25) is 5.90 Å². The fourth-order valence-electron chi connectivity index (χ4n) is 2.53. The molecule has 3 rings (SSSR count). The third-order valence-corrected chi connectivity index (χ3v) is 4.66. The molecule has 1 aliphatic heterocycles. The Morgan fingerprint density at radius 3 is 2.57 bits per heavy atom. The molecule has 0 aromatic heterocycles. The number of aliphatic imine (C=N–C) groups is 1. The third-order valence-electron chi connectivity index (χ3n) is 3.86. The zero-order chi connectivity index (χ0) is 20.1. The van der Waals surface area contributed by atoms with Gasteiger partial charge in [-0.05, 0) is 70.6 Å². The second-order valence-corrected chi connectivity index (χ2v) is 6.86. The van der Waals surface area contributed by atoms with Gasteiger partial charge in [-0.15, -0.1) is 0 Å². The van der Waals surface area contributed by atoms with Crippen molar-refractivity contribution in [2.24, 2.45) is 4.99 Å². The maximum Gasteiger partial charge on any atom is 0.363 e. The number of halogens is 1. The van der Waals surface area contributed by atoms with Crippen molar-refractivity contribution in [2.45, 2.75) is 0 Å². The summed E-state index contributed by atoms with van der Waals surface area (Å²) >= 11 is 2.15. The first kappa shape index (κ1) is 19.9. The van der Waals surface area contributed by atoms with Crippen LogP contribution in [-0.4, -0.2) is 32.7 Å². The van der Waals surface area contributed by atoms with Gasteiger partial charge in [0.05, 0.1) is 17.8 Å². The van der Waals surface area contributed by atoms with E-state index in [9.17, 15) is 4.79 Å². The van der Waals surface area contributed by atoms with Crippen LogP contribution in [0.15, 0.2) is 59.7 Å². The molecule has 0 fully saturated rings. The minimum Gasteiger partial charge on any atom is -0.497 e. The quantitative estimate of drug-likeness (QED) is 0.251. The number of benzene rings is 2. The van der Waals surface area contributed by atoms with Crippen LogP contribution in [0, 0.1) is 3.57 Å². The maximum atomic E-state index is 12.2. The van der Waals surface area contributed by atoms with Crippen LogP contribution in [0.3, 0.4) is 0 Å². The zero-order valence-electron chi connectivity index (χ0n) is 15.4. The topological polar surface area (TPSA) is 66.3 Å². The van der Waals surface area contributed by atoms with Crippen LogP contribution in [0.5, 0.6) is 17.2 Å². The summed E-state index contributed by atoms with van der Waals surface area (Å²) in [7, 11) is 3.15. The van der Waals surface area contributed by atoms with Gasteiger partial charge in [0.1, 0.15) is 12.4 Å². The fraction of sp³-hybridized carbons (Fsp3) is 0.143. The number of rotatable bonds is 7. The van der Waals surface area contributed by atoms with Gasteiger partial charge in [-0.25, -0.2) is 9.79 Å². The number of methoxy groups -OCH3 is 2. The number of hydrogen-bond acceptors (Lipinski definition) is 6. The van der Waals surface area contributed by atoms with E-state index in [2.05, 4.69) is 34.2 Å². The van der Waals surface area contributed by atoms with Crippen molar-refractivity contribution in [3.05, 3.63) is 69.4 Å². The van der Waals surface area contributed by atoms with E-state index in [1.165, 1.54) is 0 Å². The molecule has 1 heterocycles. The van der Waals surface area contributed by atoms with Gasteiger partial charge in [-0.3, -0.25) is 0 Å². The molecule has 144 valence electrons. The summed E-state index contributed by atoms with van der Waals surface area (Å²) in [6.45, 7) is 4.02. The van der Waals surface area contributed by atoms with E-state index in [0.717, 1.165) is 9.13 Å². The number of carbonyl (C=O) groups excluding carboxylic acids is 1. The van der Waals surface area contributed by atoms with Crippen LogP contribution in [0.1, 0.15) is 11.1 Å². The Kier molecular flexibility index (Phi) is 6.35. The number of esters is 1. The van der Waals surface area contributed by atoms with Gasteiger partial charge in [0, 0.05) is 5.56 Å². The zero-order valence-corrected chi connectivity index (χ0v) is 17.6. The number of hydrogen-bond donors (Lipinski definition) is 0. The molecular weight excluding hydrogens is 473 g/mol. The molecule has 0 N–H and O–H groups in total. The molecule has 0 saturated heterocycles. The van der Waals surface area contributed by atoms with E-state index in [1.807, 2.05) is 6.07 Å². The van der Waals surface area contributed by atoms with Crippen molar-refractivity contribution in [1.82, 2.24) is 0 Å². The normalized spacial score (nSPS) is 14.5. The van der Waals surface area contributed by atoms with Crippen molar-refractivity contribution < 1.29 is 23.7 Å². The number of carbonyl (C=O) groups is 1. The number of nitrogens with zero attached hydrogens (tertiary/aromatic N) is 1. The highest BCUT2D eigenvalue weighted by molar-refractivity contribution is 14.1. The SMILES string of the molecule is C=CCOc1c(I)cc(/C=C2/N=C(c3ccc(OC)cc3)OC2=O)cc1OC. The van der Waals surface area contributed by atoms with Gasteiger partial charge in [0.15, 0.2) is 17.2 Å². The Morgan fingerprint density at radius 2 is 1.93 bits per heavy atom. The highest BCUT2D eigenvalue weighted by Crippen LogP contribution is 2.35. The van der Waals surface area contributed by atoms with E-state index in [4.69, 9.17) is 18.9 Å². The summed E-state index contributed by atoms with van der Waals surface area (Å²) in [5, 5.41) is 0. The summed E-state index contributed by atoms with van der Waals surface area (Å²) in [6.07, 6.45) is 3.32. The molecule has 0 bridgehead atoms. The summed E-state index contributed by atoms with van der Waals surface area (Å²) in [5.41, 5.74) is 1.65. The van der Waals surface area contributed by atoms with Gasteiger partial charge in [-0.2, -0.15) is 0 Å². The molecule has 0 saturated carbocycles. The standard InChI is InChI=1S/C21H18INO5/c1-4-9-27-19-16(22)10-13(12-18(19)26-3)11-17-21(24)28-20(23-17)14-5-7-15(25-2)8-6-14/h4-8,10-12H,1,9H2,2-3H3/b17-11+. The van der Waals surface area contributed by atoms with E-state index < -0.39 is 5.97 Å². The fourth-order valence-corrected chi connectivity index (χ4v) is 3.31. The molecule has 7 heteroatoms. The highest BCUT2D eigenvalue weighted by atomic mass is 127. The first-order valence-corrected chi connectivity index (χ1v) is 9.41. The highest BCUT2D eigenvalue weighted by Gasteiger charge is 2.24. The van der Waals surface area contributed by atoms with E-state index in [1.54, 1.807) is 56.7 Å². The van der Waals surface area contributed by atoms with Crippen LogP contribution in [-0.2, 0) is 9.53 Å². The Bertz CT molecular complexity index is 964. The van der Waals surface area contributed by atoms with E-state index >= 15 is 0 Å². The summed E-state index contributed by atoms with van der Waals surface area (Å²) < 4.78 is 22.3. The number of cyclic esters (lactones) is 1. The molecule has 0 spiro atoms. The lowest BCUT2D eigenvalue weighted by atomic mass is 10.1.